The highest BCUT2D eigenvalue weighted by Gasteiger charge is 2.23. The van der Waals surface area contributed by atoms with Gasteiger partial charge in [-0.3, -0.25) is 4.79 Å². The molecule has 0 saturated heterocycles. The maximum atomic E-state index is 12.3. The van der Waals surface area contributed by atoms with Crippen molar-refractivity contribution in [1.82, 2.24) is 15.2 Å². The van der Waals surface area contributed by atoms with Crippen LogP contribution < -0.4 is 14.9 Å². The fourth-order valence-corrected chi connectivity index (χ4v) is 4.06. The van der Waals surface area contributed by atoms with E-state index in [1.165, 1.54) is 17.4 Å². The van der Waals surface area contributed by atoms with Gasteiger partial charge in [0.05, 0.1) is 14.1 Å². The van der Waals surface area contributed by atoms with Crippen LogP contribution in [0.3, 0.4) is 0 Å². The summed E-state index contributed by atoms with van der Waals surface area (Å²) in [5, 5.41) is 6.43. The Balaban J connectivity index is 1.78. The number of aromatic nitrogens is 1. The van der Waals surface area contributed by atoms with Gasteiger partial charge in [0.25, 0.3) is 0 Å². The number of quaternary nitrogens is 1. The summed E-state index contributed by atoms with van der Waals surface area (Å²) in [6, 6.07) is 8.07. The second-order valence-corrected chi connectivity index (χ2v) is 8.48. The van der Waals surface area contributed by atoms with Crippen molar-refractivity contribution in [3.63, 3.8) is 0 Å². The fraction of sp³-hybridized carbons (Fsp3) is 0.444. The van der Waals surface area contributed by atoms with E-state index in [-0.39, 0.29) is 29.5 Å². The molecule has 2 rings (SSSR count). The van der Waals surface area contributed by atoms with Gasteiger partial charge in [0.15, 0.2) is 5.76 Å². The minimum atomic E-state index is -3.74. The van der Waals surface area contributed by atoms with Crippen LogP contribution in [0.4, 0.5) is 0 Å². The number of nitrogens with one attached hydrogen (secondary N) is 3. The molecule has 8 nitrogen and oxygen atoms in total. The number of benzene rings is 1. The molecule has 0 aliphatic heterocycles. The van der Waals surface area contributed by atoms with Gasteiger partial charge in [0, 0.05) is 25.1 Å². The number of hydrogen-bond donors (Lipinski definition) is 3. The first kappa shape index (κ1) is 21.1. The van der Waals surface area contributed by atoms with Crippen molar-refractivity contribution >= 4 is 15.9 Å². The molecule has 148 valence electrons. The van der Waals surface area contributed by atoms with Gasteiger partial charge in [-0.25, -0.2) is 13.1 Å². The molecule has 1 aromatic heterocycles. The van der Waals surface area contributed by atoms with E-state index in [2.05, 4.69) is 29.3 Å². The molecule has 0 spiro atoms. The smallest absolute Gasteiger partial charge is 0.245 e. The van der Waals surface area contributed by atoms with E-state index in [4.69, 9.17) is 4.52 Å². The maximum Gasteiger partial charge on any atom is 0.245 e. The first-order chi connectivity index (χ1) is 12.7. The molecule has 0 aliphatic carbocycles. The monoisotopic (exact) mass is 395 g/mol. The number of hydrogen-bond acceptors (Lipinski definition) is 5. The molecule has 1 aromatic carbocycles. The first-order valence-electron chi connectivity index (χ1n) is 8.75. The predicted molar refractivity (Wildman–Crippen MR) is 101 cm³/mol. The minimum absolute atomic E-state index is 0.00275. The molecule has 0 fully saturated rings. The van der Waals surface area contributed by atoms with Crippen molar-refractivity contribution in [3.8, 4) is 0 Å². The molecule has 2 aromatic rings. The van der Waals surface area contributed by atoms with Gasteiger partial charge in [-0.2, -0.15) is 0 Å². The van der Waals surface area contributed by atoms with Crippen LogP contribution in [0.2, 0.25) is 0 Å². The lowest BCUT2D eigenvalue weighted by Crippen LogP contribution is -3.04. The van der Waals surface area contributed by atoms with E-state index in [9.17, 15) is 13.2 Å². The van der Waals surface area contributed by atoms with Crippen LogP contribution in [-0.4, -0.2) is 40.1 Å². The summed E-state index contributed by atoms with van der Waals surface area (Å²) in [5.74, 6) is 0.00189. The average molecular weight is 396 g/mol. The summed E-state index contributed by atoms with van der Waals surface area (Å²) in [4.78, 5) is 13.3. The van der Waals surface area contributed by atoms with Crippen molar-refractivity contribution in [2.45, 2.75) is 38.3 Å². The van der Waals surface area contributed by atoms with Gasteiger partial charge in [0.1, 0.15) is 17.1 Å². The van der Waals surface area contributed by atoms with Crippen LogP contribution >= 0.6 is 0 Å². The highest BCUT2D eigenvalue weighted by molar-refractivity contribution is 7.89. The highest BCUT2D eigenvalue weighted by Crippen LogP contribution is 2.18. The Kier molecular flexibility index (Phi) is 7.11. The largest absolute Gasteiger partial charge is 0.360 e. The molecular formula is C18H27N4O4S+. The maximum absolute atomic E-state index is 12.3. The number of rotatable bonds is 9. The van der Waals surface area contributed by atoms with Crippen molar-refractivity contribution in [3.05, 3.63) is 46.8 Å². The summed E-state index contributed by atoms with van der Waals surface area (Å²) in [6.07, 6.45) is 0.0463. The second-order valence-electron chi connectivity index (χ2n) is 6.78. The van der Waals surface area contributed by atoms with Gasteiger partial charge in [-0.05, 0) is 19.4 Å². The van der Waals surface area contributed by atoms with E-state index in [0.29, 0.717) is 12.2 Å². The summed E-state index contributed by atoms with van der Waals surface area (Å²) < 4.78 is 31.8. The zero-order valence-corrected chi connectivity index (χ0v) is 16.9. The van der Waals surface area contributed by atoms with Crippen molar-refractivity contribution in [2.75, 3.05) is 20.6 Å². The first-order valence-corrected chi connectivity index (χ1v) is 10.2. The Bertz CT molecular complexity index is 854. The number of amides is 1. The number of carbonyl (C=O) groups is 1. The molecule has 9 heteroatoms. The molecule has 1 amide bonds. The van der Waals surface area contributed by atoms with Crippen LogP contribution in [-0.2, 0) is 27.9 Å². The lowest BCUT2D eigenvalue weighted by molar-refractivity contribution is -0.872. The molecule has 0 saturated carbocycles. The standard InChI is InChI=1S/C18H26N4O4S/c1-13-18(14(2)26-21-13)27(24,25)20-10-9-17(23)19-11-15-5-7-16(8-6-15)12-22(3)4/h5-8,20H,9-12H2,1-4H3,(H,19,23)/p+1. The molecule has 0 aliphatic rings. The van der Waals surface area contributed by atoms with Gasteiger partial charge in [0.2, 0.25) is 15.9 Å². The highest BCUT2D eigenvalue weighted by atomic mass is 32.2. The zero-order chi connectivity index (χ0) is 20.0. The quantitative estimate of drug-likeness (QED) is 0.551. The average Bonchev–Trinajstić information content (AvgIpc) is 2.93. The van der Waals surface area contributed by atoms with Crippen LogP contribution in [0.1, 0.15) is 29.0 Å². The SMILES string of the molecule is Cc1noc(C)c1S(=O)(=O)NCCC(=O)NCc1ccc(C[NH+](C)C)cc1. The van der Waals surface area contributed by atoms with Crippen molar-refractivity contribution in [1.29, 1.82) is 0 Å². The molecule has 27 heavy (non-hydrogen) atoms. The Morgan fingerprint density at radius 1 is 1.15 bits per heavy atom. The summed E-state index contributed by atoms with van der Waals surface area (Å²) in [5.41, 5.74) is 2.53. The lowest BCUT2D eigenvalue weighted by atomic mass is 10.1. The second kappa shape index (κ2) is 9.12. The topological polar surface area (TPSA) is 106 Å². The number of sulfonamides is 1. The Labute approximate surface area is 160 Å². The van der Waals surface area contributed by atoms with Crippen LogP contribution in [0.25, 0.3) is 0 Å². The zero-order valence-electron chi connectivity index (χ0n) is 16.1. The van der Waals surface area contributed by atoms with E-state index in [1.54, 1.807) is 6.92 Å². The van der Waals surface area contributed by atoms with Crippen LogP contribution in [0.15, 0.2) is 33.7 Å². The molecule has 0 unspecified atom stereocenters. The van der Waals surface area contributed by atoms with Crippen LogP contribution in [0.5, 0.6) is 0 Å². The number of aryl methyl sites for hydroxylation is 2. The summed E-state index contributed by atoms with van der Waals surface area (Å²) in [7, 11) is 0.439. The molecule has 0 radical (unpaired) electrons. The van der Waals surface area contributed by atoms with Crippen molar-refractivity contribution in [2.24, 2.45) is 0 Å². The number of nitrogens with zero attached hydrogens (tertiary/aromatic N) is 1. The third-order valence-electron chi connectivity index (χ3n) is 3.95. The van der Waals surface area contributed by atoms with Crippen LogP contribution in [0, 0.1) is 13.8 Å². The molecule has 1 heterocycles. The summed E-state index contributed by atoms with van der Waals surface area (Å²) in [6.45, 7) is 4.44. The third-order valence-corrected chi connectivity index (χ3v) is 5.66. The summed E-state index contributed by atoms with van der Waals surface area (Å²) >= 11 is 0. The van der Waals surface area contributed by atoms with Crippen molar-refractivity contribution < 1.29 is 22.6 Å². The predicted octanol–water partition coefficient (Wildman–Crippen LogP) is -0.0793. The Hall–Kier alpha value is -2.23. The Morgan fingerprint density at radius 2 is 1.78 bits per heavy atom. The molecular weight excluding hydrogens is 368 g/mol. The van der Waals surface area contributed by atoms with Gasteiger partial charge >= 0.3 is 0 Å². The number of carbonyl (C=O) groups excluding carboxylic acids is 1. The van der Waals surface area contributed by atoms with Gasteiger partial charge in [-0.15, -0.1) is 0 Å². The molecule has 0 bridgehead atoms. The van der Waals surface area contributed by atoms with E-state index < -0.39 is 10.0 Å². The Morgan fingerprint density at radius 3 is 2.33 bits per heavy atom. The fourth-order valence-electron chi connectivity index (χ4n) is 2.70. The third kappa shape index (κ3) is 6.16. The normalized spacial score (nSPS) is 11.7. The van der Waals surface area contributed by atoms with E-state index in [1.807, 2.05) is 24.3 Å². The molecule has 3 N–H and O–H groups in total. The lowest BCUT2D eigenvalue weighted by Gasteiger charge is -2.09. The van der Waals surface area contributed by atoms with Gasteiger partial charge < -0.3 is 14.7 Å². The van der Waals surface area contributed by atoms with Gasteiger partial charge in [-0.1, -0.05) is 29.4 Å². The van der Waals surface area contributed by atoms with E-state index in [0.717, 1.165) is 12.1 Å². The molecule has 0 atom stereocenters. The minimum Gasteiger partial charge on any atom is -0.360 e. The van der Waals surface area contributed by atoms with E-state index >= 15 is 0 Å².